The highest BCUT2D eigenvalue weighted by atomic mass is 32.2. The Balaban J connectivity index is 2.19. The summed E-state index contributed by atoms with van der Waals surface area (Å²) in [6, 6.07) is 6.57. The number of hydrazine groups is 1. The molecule has 9 heteroatoms. The Morgan fingerprint density at radius 3 is 2.88 bits per heavy atom. The van der Waals surface area contributed by atoms with Crippen molar-refractivity contribution in [2.45, 2.75) is 13.5 Å². The Kier molecular flexibility index (Phi) is 6.56. The van der Waals surface area contributed by atoms with Crippen LogP contribution in [0.1, 0.15) is 12.5 Å². The molecule has 0 amide bonds. The van der Waals surface area contributed by atoms with Crippen LogP contribution in [0.25, 0.3) is 5.70 Å². The molecule has 0 fully saturated rings. The van der Waals surface area contributed by atoms with Gasteiger partial charge >= 0.3 is 6.61 Å². The minimum absolute atomic E-state index is 0.0975. The predicted octanol–water partition coefficient (Wildman–Crippen LogP) is 3.23. The molecule has 0 radical (unpaired) electrons. The van der Waals surface area contributed by atoms with E-state index in [0.29, 0.717) is 28.1 Å². The molecule has 0 bridgehead atoms. The molecule has 1 aliphatic heterocycles. The van der Waals surface area contributed by atoms with Gasteiger partial charge in [0.1, 0.15) is 5.75 Å². The van der Waals surface area contributed by atoms with Crippen LogP contribution in [0.3, 0.4) is 0 Å². The van der Waals surface area contributed by atoms with E-state index < -0.39 is 6.61 Å². The van der Waals surface area contributed by atoms with Gasteiger partial charge in [0.2, 0.25) is 0 Å². The van der Waals surface area contributed by atoms with E-state index in [-0.39, 0.29) is 5.75 Å². The highest BCUT2D eigenvalue weighted by molar-refractivity contribution is 8.17. The number of hydrogen-bond donors (Lipinski definition) is 3. The van der Waals surface area contributed by atoms with Gasteiger partial charge in [0.15, 0.2) is 10.3 Å². The van der Waals surface area contributed by atoms with Gasteiger partial charge in [0, 0.05) is 17.0 Å². The predicted molar refractivity (Wildman–Crippen MR) is 97.8 cm³/mol. The van der Waals surface area contributed by atoms with E-state index in [0.717, 1.165) is 4.91 Å². The van der Waals surface area contributed by atoms with Gasteiger partial charge in [-0.2, -0.15) is 13.8 Å². The Labute approximate surface area is 148 Å². The number of nitrogens with zero attached hydrogens (tertiary/aromatic N) is 1. The highest BCUT2D eigenvalue weighted by Crippen LogP contribution is 2.33. The van der Waals surface area contributed by atoms with E-state index in [4.69, 9.17) is 12.2 Å². The van der Waals surface area contributed by atoms with Crippen LogP contribution in [0.5, 0.6) is 5.75 Å². The third-order valence-electron chi connectivity index (χ3n) is 2.87. The quantitative estimate of drug-likeness (QED) is 0.547. The smallest absolute Gasteiger partial charge is 0.387 e. The lowest BCUT2D eigenvalue weighted by molar-refractivity contribution is -0.0500. The molecule has 3 N–H and O–H groups in total. The fraction of sp³-hybridized carbons (Fsp3) is 0.200. The fourth-order valence-corrected chi connectivity index (χ4v) is 2.92. The molecule has 1 heterocycles. The van der Waals surface area contributed by atoms with Crippen LogP contribution in [0.15, 0.2) is 46.8 Å². The van der Waals surface area contributed by atoms with Crippen LogP contribution in [-0.2, 0) is 0 Å². The van der Waals surface area contributed by atoms with Gasteiger partial charge in [0.25, 0.3) is 0 Å². The van der Waals surface area contributed by atoms with E-state index in [1.807, 2.05) is 6.92 Å². The standard InChI is InChI=1S/C15H16F2N4OS2/c1-3-8-18-14(23)19-15-21-20-12(9(2)24-15)10-6-4-5-7-11(10)22-13(16)17/h3-7,13,20H,1,8H2,2H3,(H2,18,19,21,23). The first-order valence-corrected chi connectivity index (χ1v) is 8.16. The zero-order valence-corrected chi connectivity index (χ0v) is 14.4. The second kappa shape index (κ2) is 8.65. The van der Waals surface area contributed by atoms with Crippen LogP contribution in [0.2, 0.25) is 0 Å². The van der Waals surface area contributed by atoms with Gasteiger partial charge < -0.3 is 10.1 Å². The summed E-state index contributed by atoms with van der Waals surface area (Å²) in [5, 5.41) is 3.76. The number of para-hydroxylation sites is 1. The van der Waals surface area contributed by atoms with Crippen LogP contribution in [0, 0.1) is 0 Å². The van der Waals surface area contributed by atoms with Crippen molar-refractivity contribution in [1.82, 2.24) is 16.2 Å². The number of thiocarbonyl (C=S) groups is 1. The number of halogens is 2. The van der Waals surface area contributed by atoms with Crippen LogP contribution in [-0.4, -0.2) is 23.4 Å². The Morgan fingerprint density at radius 2 is 2.21 bits per heavy atom. The third kappa shape index (κ3) is 4.93. The summed E-state index contributed by atoms with van der Waals surface area (Å²) < 4.78 is 29.7. The Hall–Kier alpha value is -2.13. The molecular weight excluding hydrogens is 354 g/mol. The SMILES string of the molecule is C=CCNC(=S)/N=C1/NNC(c2ccccc2OC(F)F)=C(C)S1. The number of alkyl halides is 2. The van der Waals surface area contributed by atoms with Gasteiger partial charge in [-0.15, -0.1) is 6.58 Å². The van der Waals surface area contributed by atoms with Crippen LogP contribution >= 0.6 is 24.0 Å². The molecule has 0 aliphatic carbocycles. The minimum atomic E-state index is -2.89. The molecule has 1 aromatic rings. The molecule has 0 spiro atoms. The first kappa shape index (κ1) is 18.2. The molecule has 1 aliphatic rings. The number of amidine groups is 1. The van der Waals surface area contributed by atoms with Gasteiger partial charge in [0.05, 0.1) is 5.70 Å². The van der Waals surface area contributed by atoms with Crippen molar-refractivity contribution in [3.05, 3.63) is 47.4 Å². The molecule has 1 aromatic carbocycles. The summed E-state index contributed by atoms with van der Waals surface area (Å²) in [6.45, 7) is 3.07. The lowest BCUT2D eigenvalue weighted by Crippen LogP contribution is -2.39. The van der Waals surface area contributed by atoms with E-state index in [1.54, 1.807) is 24.3 Å². The molecule has 0 saturated carbocycles. The number of ether oxygens (including phenoxy) is 1. The molecule has 0 atom stereocenters. The van der Waals surface area contributed by atoms with Crippen molar-refractivity contribution in [1.29, 1.82) is 0 Å². The lowest BCUT2D eigenvalue weighted by Gasteiger charge is -2.24. The average molecular weight is 370 g/mol. The molecule has 2 rings (SSSR count). The Bertz CT molecular complexity index is 692. The molecule has 0 aromatic heterocycles. The Morgan fingerprint density at radius 1 is 1.46 bits per heavy atom. The molecule has 0 saturated heterocycles. The van der Waals surface area contributed by atoms with Gasteiger partial charge in [-0.3, -0.25) is 10.9 Å². The van der Waals surface area contributed by atoms with Gasteiger partial charge in [-0.25, -0.2) is 0 Å². The van der Waals surface area contributed by atoms with Crippen LogP contribution in [0.4, 0.5) is 8.78 Å². The third-order valence-corrected chi connectivity index (χ3v) is 4.00. The zero-order valence-electron chi connectivity index (χ0n) is 12.8. The van der Waals surface area contributed by atoms with E-state index in [1.165, 1.54) is 17.8 Å². The van der Waals surface area contributed by atoms with Crippen molar-refractivity contribution in [2.75, 3.05) is 6.54 Å². The number of benzene rings is 1. The average Bonchev–Trinajstić information content (AvgIpc) is 2.53. The topological polar surface area (TPSA) is 57.7 Å². The second-order valence-corrected chi connectivity index (χ2v) is 6.14. The summed E-state index contributed by atoms with van der Waals surface area (Å²) in [6.07, 6.45) is 1.68. The summed E-state index contributed by atoms with van der Waals surface area (Å²) in [5.41, 5.74) is 7.02. The van der Waals surface area contributed by atoms with Crippen molar-refractivity contribution in [3.63, 3.8) is 0 Å². The number of thioether (sulfide) groups is 1. The number of aliphatic imine (C=N–C) groups is 1. The largest absolute Gasteiger partial charge is 0.434 e. The molecule has 24 heavy (non-hydrogen) atoms. The summed E-state index contributed by atoms with van der Waals surface area (Å²) >= 11 is 6.42. The van der Waals surface area contributed by atoms with E-state index >= 15 is 0 Å². The van der Waals surface area contributed by atoms with Crippen molar-refractivity contribution < 1.29 is 13.5 Å². The van der Waals surface area contributed by atoms with Crippen molar-refractivity contribution >= 4 is 40.0 Å². The lowest BCUT2D eigenvalue weighted by atomic mass is 10.1. The maximum Gasteiger partial charge on any atom is 0.387 e. The fourth-order valence-electron chi connectivity index (χ4n) is 1.90. The zero-order chi connectivity index (χ0) is 17.5. The normalized spacial score (nSPS) is 15.8. The number of rotatable bonds is 5. The number of allylic oxidation sites excluding steroid dienone is 1. The molecule has 0 unspecified atom stereocenters. The maximum absolute atomic E-state index is 12.5. The van der Waals surface area contributed by atoms with Crippen molar-refractivity contribution in [3.8, 4) is 5.75 Å². The van der Waals surface area contributed by atoms with Gasteiger partial charge in [-0.05, 0) is 31.3 Å². The minimum Gasteiger partial charge on any atom is -0.434 e. The molecular formula is C15H16F2N4OS2. The first-order chi connectivity index (χ1) is 11.5. The number of nitrogens with one attached hydrogen (secondary N) is 3. The summed E-state index contributed by atoms with van der Waals surface area (Å²) in [5.74, 6) is 0.0975. The highest BCUT2D eigenvalue weighted by Gasteiger charge is 2.20. The van der Waals surface area contributed by atoms with Gasteiger partial charge in [-0.1, -0.05) is 30.0 Å². The first-order valence-electron chi connectivity index (χ1n) is 6.93. The monoisotopic (exact) mass is 370 g/mol. The molecule has 5 nitrogen and oxygen atoms in total. The second-order valence-electron chi connectivity index (χ2n) is 4.55. The summed E-state index contributed by atoms with van der Waals surface area (Å²) in [4.78, 5) is 5.05. The van der Waals surface area contributed by atoms with E-state index in [9.17, 15) is 8.78 Å². The maximum atomic E-state index is 12.5. The number of hydrogen-bond acceptors (Lipinski definition) is 4. The van der Waals surface area contributed by atoms with Crippen LogP contribution < -0.4 is 20.9 Å². The van der Waals surface area contributed by atoms with E-state index in [2.05, 4.69) is 32.5 Å². The van der Waals surface area contributed by atoms with Crippen molar-refractivity contribution in [2.24, 2.45) is 4.99 Å². The summed E-state index contributed by atoms with van der Waals surface area (Å²) in [7, 11) is 0. The molecule has 128 valence electrons.